The lowest BCUT2D eigenvalue weighted by Crippen LogP contribution is -2.10. The molecular weight excluding hydrogens is 432 g/mol. The molecule has 162 valence electrons. The summed E-state index contributed by atoms with van der Waals surface area (Å²) in [5.41, 5.74) is 2.39. The first kappa shape index (κ1) is 23.8. The van der Waals surface area contributed by atoms with Gasteiger partial charge in [0.25, 0.3) is 0 Å². The standard InChI is InChI=1S/C28H26O2S2/c29-25(19-9-7-17-23-13-3-1-4-14-23)27(28-31-21-11-12-22-32-28)26(30)20-10-8-18-24-15-5-2-6-16-24/h1-10,13-20H,11-12,21-22H2. The number of rotatable bonds is 8. The molecule has 0 N–H and O–H groups in total. The molecule has 0 atom stereocenters. The highest BCUT2D eigenvalue weighted by Gasteiger charge is 2.21. The molecule has 3 rings (SSSR count). The van der Waals surface area contributed by atoms with Gasteiger partial charge in [-0.05, 0) is 47.6 Å². The molecule has 1 aliphatic rings. The van der Waals surface area contributed by atoms with Crippen molar-refractivity contribution >= 4 is 47.2 Å². The molecule has 1 heterocycles. The van der Waals surface area contributed by atoms with E-state index in [0.717, 1.165) is 39.7 Å². The molecule has 0 saturated carbocycles. The fourth-order valence-electron chi connectivity index (χ4n) is 2.96. The van der Waals surface area contributed by atoms with E-state index in [9.17, 15) is 9.59 Å². The van der Waals surface area contributed by atoms with Crippen molar-refractivity contribution < 1.29 is 9.59 Å². The first-order valence-electron chi connectivity index (χ1n) is 10.6. The minimum Gasteiger partial charge on any atom is -0.289 e. The zero-order valence-corrected chi connectivity index (χ0v) is 19.5. The molecule has 0 amide bonds. The Hall–Kier alpha value is -2.82. The van der Waals surface area contributed by atoms with Gasteiger partial charge in [-0.25, -0.2) is 0 Å². The van der Waals surface area contributed by atoms with Gasteiger partial charge >= 0.3 is 0 Å². The molecular formula is C28H26O2S2. The van der Waals surface area contributed by atoms with Crippen LogP contribution in [0, 0.1) is 0 Å². The number of carbonyl (C=O) groups excluding carboxylic acids is 2. The molecule has 1 aliphatic heterocycles. The van der Waals surface area contributed by atoms with E-state index in [1.54, 1.807) is 35.7 Å². The van der Waals surface area contributed by atoms with E-state index in [1.165, 1.54) is 12.2 Å². The van der Waals surface area contributed by atoms with Crippen LogP contribution in [0.1, 0.15) is 24.0 Å². The maximum atomic E-state index is 13.0. The summed E-state index contributed by atoms with van der Waals surface area (Å²) >= 11 is 3.24. The minimum absolute atomic E-state index is 0.249. The first-order valence-corrected chi connectivity index (χ1v) is 12.6. The highest BCUT2D eigenvalue weighted by molar-refractivity contribution is 8.22. The minimum atomic E-state index is -0.249. The highest BCUT2D eigenvalue weighted by Crippen LogP contribution is 2.36. The Labute approximate surface area is 198 Å². The Balaban J connectivity index is 1.74. The summed E-state index contributed by atoms with van der Waals surface area (Å²) in [5, 5.41) is 0. The van der Waals surface area contributed by atoms with Gasteiger partial charge in [-0.15, -0.1) is 23.5 Å². The Morgan fingerprint density at radius 3 is 1.50 bits per heavy atom. The summed E-state index contributed by atoms with van der Waals surface area (Å²) in [6, 6.07) is 19.8. The van der Waals surface area contributed by atoms with Crippen LogP contribution in [-0.2, 0) is 9.59 Å². The molecule has 32 heavy (non-hydrogen) atoms. The van der Waals surface area contributed by atoms with Crippen LogP contribution in [0.15, 0.2) is 107 Å². The van der Waals surface area contributed by atoms with Crippen LogP contribution < -0.4 is 0 Å². The van der Waals surface area contributed by atoms with Gasteiger partial charge in [0.05, 0.1) is 9.81 Å². The normalized spacial score (nSPS) is 15.1. The van der Waals surface area contributed by atoms with Crippen molar-refractivity contribution in [3.8, 4) is 0 Å². The third-order valence-corrected chi connectivity index (χ3v) is 7.22. The summed E-state index contributed by atoms with van der Waals surface area (Å²) in [4.78, 5) is 26.0. The van der Waals surface area contributed by atoms with E-state index >= 15 is 0 Å². The van der Waals surface area contributed by atoms with Crippen molar-refractivity contribution in [2.75, 3.05) is 11.5 Å². The SMILES string of the molecule is O=C(C=CC=Cc1ccccc1)C(C(=O)C=CC=Cc1ccccc1)=C1SCCCCS1. The molecule has 2 nitrogen and oxygen atoms in total. The van der Waals surface area contributed by atoms with E-state index in [1.807, 2.05) is 85.0 Å². The molecule has 0 bridgehead atoms. The summed E-state index contributed by atoms with van der Waals surface area (Å²) in [7, 11) is 0. The van der Waals surface area contributed by atoms with Gasteiger partial charge in [0.2, 0.25) is 0 Å². The largest absolute Gasteiger partial charge is 0.289 e. The smallest absolute Gasteiger partial charge is 0.191 e. The first-order chi connectivity index (χ1) is 15.7. The number of carbonyl (C=O) groups is 2. The van der Waals surface area contributed by atoms with E-state index in [0.29, 0.717) is 0 Å². The number of hydrogen-bond acceptors (Lipinski definition) is 4. The predicted molar refractivity (Wildman–Crippen MR) is 140 cm³/mol. The van der Waals surface area contributed by atoms with Crippen LogP contribution in [0.4, 0.5) is 0 Å². The number of benzene rings is 2. The second-order valence-electron chi connectivity index (χ2n) is 7.05. The Morgan fingerprint density at radius 1 is 0.625 bits per heavy atom. The van der Waals surface area contributed by atoms with Crippen molar-refractivity contribution in [1.29, 1.82) is 0 Å². The lowest BCUT2D eigenvalue weighted by atomic mass is 10.1. The predicted octanol–water partition coefficient (Wildman–Crippen LogP) is 7.14. The summed E-state index contributed by atoms with van der Waals surface area (Å²) in [6.45, 7) is 0. The maximum Gasteiger partial charge on any atom is 0.191 e. The molecule has 2 aromatic rings. The van der Waals surface area contributed by atoms with E-state index in [-0.39, 0.29) is 17.1 Å². The zero-order chi connectivity index (χ0) is 22.4. The van der Waals surface area contributed by atoms with Crippen LogP contribution in [0.25, 0.3) is 12.2 Å². The van der Waals surface area contributed by atoms with Gasteiger partial charge in [-0.2, -0.15) is 0 Å². The number of thioether (sulfide) groups is 2. The lowest BCUT2D eigenvalue weighted by molar-refractivity contribution is -0.116. The fraction of sp³-hybridized carbons (Fsp3) is 0.143. The second kappa shape index (κ2) is 13.6. The molecule has 4 heteroatoms. The molecule has 1 fully saturated rings. The number of ketones is 2. The van der Waals surface area contributed by atoms with E-state index in [2.05, 4.69) is 0 Å². The molecule has 0 unspecified atom stereocenters. The Kier molecular flexibility index (Phi) is 10.1. The Morgan fingerprint density at radius 2 is 1.06 bits per heavy atom. The van der Waals surface area contributed by atoms with Crippen LogP contribution in [0.2, 0.25) is 0 Å². The van der Waals surface area contributed by atoms with Gasteiger partial charge in [0, 0.05) is 0 Å². The molecule has 0 spiro atoms. The third-order valence-electron chi connectivity index (χ3n) is 4.60. The monoisotopic (exact) mass is 458 g/mol. The molecule has 0 aromatic heterocycles. The van der Waals surface area contributed by atoms with Gasteiger partial charge in [0.15, 0.2) is 11.6 Å². The summed E-state index contributed by atoms with van der Waals surface area (Å²) < 4.78 is 0.839. The van der Waals surface area contributed by atoms with E-state index in [4.69, 9.17) is 0 Å². The molecule has 2 aromatic carbocycles. The quantitative estimate of drug-likeness (QED) is 0.182. The van der Waals surface area contributed by atoms with Crippen molar-refractivity contribution in [2.45, 2.75) is 12.8 Å². The summed E-state index contributed by atoms with van der Waals surface area (Å²) in [6.07, 6.45) is 16.1. The van der Waals surface area contributed by atoms with E-state index < -0.39 is 0 Å². The topological polar surface area (TPSA) is 34.1 Å². The van der Waals surface area contributed by atoms with Gasteiger partial charge in [0.1, 0.15) is 0 Å². The van der Waals surface area contributed by atoms with Crippen molar-refractivity contribution in [2.24, 2.45) is 0 Å². The van der Waals surface area contributed by atoms with Gasteiger partial charge in [-0.3, -0.25) is 9.59 Å². The number of hydrogen-bond donors (Lipinski definition) is 0. The van der Waals surface area contributed by atoms with Gasteiger partial charge < -0.3 is 0 Å². The van der Waals surface area contributed by atoms with Crippen LogP contribution in [0.3, 0.4) is 0 Å². The number of allylic oxidation sites excluding steroid dienone is 7. The van der Waals surface area contributed by atoms with Crippen LogP contribution >= 0.6 is 23.5 Å². The lowest BCUT2D eigenvalue weighted by Gasteiger charge is -2.07. The van der Waals surface area contributed by atoms with Crippen molar-refractivity contribution in [1.82, 2.24) is 0 Å². The summed E-state index contributed by atoms with van der Waals surface area (Å²) in [5.74, 6) is 1.37. The molecule has 0 radical (unpaired) electrons. The Bertz CT molecular complexity index is 962. The van der Waals surface area contributed by atoms with Crippen molar-refractivity contribution in [3.05, 3.63) is 118 Å². The maximum absolute atomic E-state index is 13.0. The third kappa shape index (κ3) is 8.03. The van der Waals surface area contributed by atoms with Crippen LogP contribution in [-0.4, -0.2) is 23.1 Å². The zero-order valence-electron chi connectivity index (χ0n) is 17.9. The fourth-order valence-corrected chi connectivity index (χ4v) is 5.55. The van der Waals surface area contributed by atoms with Crippen molar-refractivity contribution in [3.63, 3.8) is 0 Å². The molecule has 1 saturated heterocycles. The average molecular weight is 459 g/mol. The highest BCUT2D eigenvalue weighted by atomic mass is 32.2. The second-order valence-corrected chi connectivity index (χ2v) is 9.52. The average Bonchev–Trinajstić information content (AvgIpc) is 3.10. The van der Waals surface area contributed by atoms with Crippen LogP contribution in [0.5, 0.6) is 0 Å². The molecule has 0 aliphatic carbocycles. The van der Waals surface area contributed by atoms with Gasteiger partial charge in [-0.1, -0.05) is 97.1 Å².